The number of hydrogen-bond donors (Lipinski definition) is 1. The van der Waals surface area contributed by atoms with E-state index < -0.39 is 0 Å². The minimum atomic E-state index is 0.572. The highest BCUT2D eigenvalue weighted by atomic mass is 15.0. The molecule has 1 aromatic carbocycles. The molecular formula is C18H27N. The maximum atomic E-state index is 3.94. The van der Waals surface area contributed by atoms with Gasteiger partial charge in [0.2, 0.25) is 0 Å². The maximum absolute atomic E-state index is 3.94. The first-order valence-corrected chi connectivity index (χ1v) is 7.89. The third-order valence-corrected chi connectivity index (χ3v) is 5.16. The molecule has 0 spiro atoms. The molecule has 1 atom stereocenters. The van der Waals surface area contributed by atoms with E-state index in [0.717, 1.165) is 6.04 Å². The molecule has 0 bridgehead atoms. The summed E-state index contributed by atoms with van der Waals surface area (Å²) in [5.41, 5.74) is 5.11. The molecule has 0 aliphatic heterocycles. The van der Waals surface area contributed by atoms with Crippen LogP contribution in [-0.2, 0) is 6.42 Å². The van der Waals surface area contributed by atoms with Gasteiger partial charge in [0, 0.05) is 12.1 Å². The molecule has 2 aliphatic rings. The largest absolute Gasteiger partial charge is 0.307 e. The zero-order chi connectivity index (χ0) is 13.5. The van der Waals surface area contributed by atoms with Crippen molar-refractivity contribution >= 4 is 0 Å². The SMILES string of the molecule is Cc1ccc2c(c1)C(NC1CCC(C)(C)CC1)CC2. The van der Waals surface area contributed by atoms with Crippen molar-refractivity contribution in [3.8, 4) is 0 Å². The van der Waals surface area contributed by atoms with Crippen molar-refractivity contribution in [1.29, 1.82) is 0 Å². The van der Waals surface area contributed by atoms with Crippen molar-refractivity contribution in [1.82, 2.24) is 5.32 Å². The molecule has 1 aromatic rings. The molecule has 0 saturated heterocycles. The van der Waals surface area contributed by atoms with E-state index in [1.165, 1.54) is 44.1 Å². The molecule has 0 heterocycles. The topological polar surface area (TPSA) is 12.0 Å². The van der Waals surface area contributed by atoms with Crippen molar-refractivity contribution in [3.05, 3.63) is 34.9 Å². The molecule has 2 aliphatic carbocycles. The van der Waals surface area contributed by atoms with Crippen LogP contribution in [0.1, 0.15) is 68.7 Å². The molecule has 0 aromatic heterocycles. The normalized spacial score (nSPS) is 26.4. The molecular weight excluding hydrogens is 230 g/mol. The average Bonchev–Trinajstić information content (AvgIpc) is 2.75. The van der Waals surface area contributed by atoms with Gasteiger partial charge in [-0.1, -0.05) is 37.6 Å². The van der Waals surface area contributed by atoms with Gasteiger partial charge in [0.1, 0.15) is 0 Å². The van der Waals surface area contributed by atoms with E-state index in [4.69, 9.17) is 0 Å². The summed E-state index contributed by atoms with van der Waals surface area (Å²) in [5, 5.41) is 3.94. The molecule has 19 heavy (non-hydrogen) atoms. The molecule has 3 rings (SSSR count). The molecule has 1 fully saturated rings. The second kappa shape index (κ2) is 4.94. The lowest BCUT2D eigenvalue weighted by Crippen LogP contribution is -2.37. The Morgan fingerprint density at radius 1 is 1.11 bits per heavy atom. The third kappa shape index (κ3) is 2.86. The molecule has 1 nitrogen and oxygen atoms in total. The van der Waals surface area contributed by atoms with Gasteiger partial charge in [-0.2, -0.15) is 0 Å². The molecule has 1 N–H and O–H groups in total. The highest BCUT2D eigenvalue weighted by Gasteiger charge is 2.30. The summed E-state index contributed by atoms with van der Waals surface area (Å²) in [6.07, 6.45) is 8.00. The zero-order valence-corrected chi connectivity index (χ0v) is 12.6. The van der Waals surface area contributed by atoms with Gasteiger partial charge in [-0.15, -0.1) is 0 Å². The van der Waals surface area contributed by atoms with Crippen LogP contribution in [-0.4, -0.2) is 6.04 Å². The Balaban J connectivity index is 1.65. The Hall–Kier alpha value is -0.820. The minimum Gasteiger partial charge on any atom is -0.307 e. The fourth-order valence-corrected chi connectivity index (χ4v) is 3.75. The second-order valence-corrected chi connectivity index (χ2v) is 7.40. The molecule has 1 saturated carbocycles. The van der Waals surface area contributed by atoms with Crippen molar-refractivity contribution in [2.45, 2.75) is 71.4 Å². The van der Waals surface area contributed by atoms with Gasteiger partial charge in [-0.3, -0.25) is 0 Å². The fraction of sp³-hybridized carbons (Fsp3) is 0.667. The van der Waals surface area contributed by atoms with Gasteiger partial charge in [-0.05, 0) is 62.0 Å². The van der Waals surface area contributed by atoms with Gasteiger partial charge in [-0.25, -0.2) is 0 Å². The van der Waals surface area contributed by atoms with E-state index in [2.05, 4.69) is 44.3 Å². The predicted octanol–water partition coefficient (Wildman–Crippen LogP) is 4.54. The summed E-state index contributed by atoms with van der Waals surface area (Å²) in [4.78, 5) is 0. The van der Waals surface area contributed by atoms with Crippen LogP contribution >= 0.6 is 0 Å². The quantitative estimate of drug-likeness (QED) is 0.820. The summed E-state index contributed by atoms with van der Waals surface area (Å²) in [5.74, 6) is 0. The van der Waals surface area contributed by atoms with E-state index in [9.17, 15) is 0 Å². The molecule has 1 heteroatoms. The van der Waals surface area contributed by atoms with E-state index >= 15 is 0 Å². The average molecular weight is 257 g/mol. The van der Waals surface area contributed by atoms with E-state index in [1.807, 2.05) is 0 Å². The van der Waals surface area contributed by atoms with E-state index in [0.29, 0.717) is 11.5 Å². The highest BCUT2D eigenvalue weighted by Crippen LogP contribution is 2.38. The lowest BCUT2D eigenvalue weighted by molar-refractivity contribution is 0.198. The van der Waals surface area contributed by atoms with Gasteiger partial charge in [0.05, 0.1) is 0 Å². The maximum Gasteiger partial charge on any atom is 0.0328 e. The first-order chi connectivity index (χ1) is 9.03. The van der Waals surface area contributed by atoms with Gasteiger partial charge in [0.25, 0.3) is 0 Å². The summed E-state index contributed by atoms with van der Waals surface area (Å²) in [6, 6.07) is 8.33. The smallest absolute Gasteiger partial charge is 0.0328 e. The van der Waals surface area contributed by atoms with Crippen LogP contribution in [0.25, 0.3) is 0 Å². The molecule has 0 radical (unpaired) electrons. The van der Waals surface area contributed by atoms with Crippen molar-refractivity contribution in [3.63, 3.8) is 0 Å². The zero-order valence-electron chi connectivity index (χ0n) is 12.6. The van der Waals surface area contributed by atoms with Crippen LogP contribution in [0.4, 0.5) is 0 Å². The Bertz CT molecular complexity index is 451. The first-order valence-electron chi connectivity index (χ1n) is 7.89. The fourth-order valence-electron chi connectivity index (χ4n) is 3.75. The van der Waals surface area contributed by atoms with Crippen molar-refractivity contribution in [2.24, 2.45) is 5.41 Å². The van der Waals surface area contributed by atoms with Crippen LogP contribution in [0.15, 0.2) is 18.2 Å². The number of hydrogen-bond acceptors (Lipinski definition) is 1. The van der Waals surface area contributed by atoms with Crippen LogP contribution in [0.5, 0.6) is 0 Å². The highest BCUT2D eigenvalue weighted by molar-refractivity contribution is 5.37. The predicted molar refractivity (Wildman–Crippen MR) is 81.4 cm³/mol. The molecule has 104 valence electrons. The Kier molecular flexibility index (Phi) is 3.42. The van der Waals surface area contributed by atoms with E-state index in [-0.39, 0.29) is 0 Å². The number of rotatable bonds is 2. The number of nitrogens with one attached hydrogen (secondary N) is 1. The molecule has 0 amide bonds. The Labute approximate surface area is 117 Å². The minimum absolute atomic E-state index is 0.572. The summed E-state index contributed by atoms with van der Waals surface area (Å²) < 4.78 is 0. The van der Waals surface area contributed by atoms with Gasteiger partial charge >= 0.3 is 0 Å². The van der Waals surface area contributed by atoms with Crippen LogP contribution in [0, 0.1) is 12.3 Å². The summed E-state index contributed by atoms with van der Waals surface area (Å²) in [7, 11) is 0. The van der Waals surface area contributed by atoms with Crippen molar-refractivity contribution in [2.75, 3.05) is 0 Å². The van der Waals surface area contributed by atoms with Crippen LogP contribution in [0.3, 0.4) is 0 Å². The van der Waals surface area contributed by atoms with Crippen LogP contribution < -0.4 is 5.32 Å². The number of fused-ring (bicyclic) bond motifs is 1. The molecule has 1 unspecified atom stereocenters. The lowest BCUT2D eigenvalue weighted by Gasteiger charge is -2.36. The number of benzene rings is 1. The monoisotopic (exact) mass is 257 g/mol. The van der Waals surface area contributed by atoms with Gasteiger partial charge < -0.3 is 5.32 Å². The standard InChI is InChI=1S/C18H27N/c1-13-4-5-14-6-7-17(16(14)12-13)19-15-8-10-18(2,3)11-9-15/h4-5,12,15,17,19H,6-11H2,1-3H3. The summed E-state index contributed by atoms with van der Waals surface area (Å²) >= 11 is 0. The second-order valence-electron chi connectivity index (χ2n) is 7.40. The Morgan fingerprint density at radius 2 is 1.84 bits per heavy atom. The van der Waals surface area contributed by atoms with E-state index in [1.54, 1.807) is 11.1 Å². The van der Waals surface area contributed by atoms with Crippen molar-refractivity contribution < 1.29 is 0 Å². The van der Waals surface area contributed by atoms with Crippen LogP contribution in [0.2, 0.25) is 0 Å². The third-order valence-electron chi connectivity index (χ3n) is 5.16. The first kappa shape index (κ1) is 13.2. The lowest BCUT2D eigenvalue weighted by atomic mass is 9.75. The summed E-state index contributed by atoms with van der Waals surface area (Å²) in [6.45, 7) is 7.04. The van der Waals surface area contributed by atoms with Gasteiger partial charge in [0.15, 0.2) is 0 Å². The number of aryl methyl sites for hydroxylation is 2. The Morgan fingerprint density at radius 3 is 2.58 bits per heavy atom.